The summed E-state index contributed by atoms with van der Waals surface area (Å²) in [4.78, 5) is 171. The Morgan fingerprint density at radius 3 is 1.68 bits per heavy atom. The van der Waals surface area contributed by atoms with Crippen LogP contribution in [0.3, 0.4) is 0 Å². The van der Waals surface area contributed by atoms with E-state index in [0.717, 1.165) is 31.4 Å². The lowest BCUT2D eigenvalue weighted by atomic mass is 10.0. The number of fused-ring (bicyclic) bond motifs is 1. The number of H-pyrrole nitrogens is 1. The minimum absolute atomic E-state index is 0.0513. The normalized spacial score (nSPS) is 19.8. The molecule has 0 spiro atoms. The summed E-state index contributed by atoms with van der Waals surface area (Å²) in [6, 6.07) is 11.7. The fraction of sp³-hybridized carbons (Fsp3) is 0.492. The molecular weight excluding hydrogens is 1310 g/mol. The molecule has 32 nitrogen and oxygen atoms in total. The van der Waals surface area contributed by atoms with Gasteiger partial charge in [-0.1, -0.05) is 100 Å². The first-order valence-corrected chi connectivity index (χ1v) is 33.7. The number of nitrogens with zero attached hydrogens (tertiary/aromatic N) is 3. The smallest absolute Gasteiger partial charge is 0.317 e. The number of hydrogen-bond donors (Lipinski definition) is 17. The maximum absolute atomic E-state index is 15.2. The maximum Gasteiger partial charge on any atom is 0.317 e. The Morgan fingerprint density at radius 1 is 0.588 bits per heavy atom. The molecule has 1 aromatic heterocycles. The lowest BCUT2D eigenvalue weighted by Gasteiger charge is -2.29. The molecular formula is C63H87N13O19S2. The molecule has 0 radical (unpaired) electrons. The first-order valence-electron chi connectivity index (χ1n) is 31.2. The zero-order chi connectivity index (χ0) is 71.1. The number of hydrogen-bond acceptors (Lipinski definition) is 21. The number of carboxylic acid groups (broad SMARTS) is 4. The predicted molar refractivity (Wildman–Crippen MR) is 356 cm³/mol. The molecule has 5 rings (SSSR count). The molecule has 3 aromatic carbocycles. The number of nitrogens with two attached hydrogens (primary N) is 1. The number of carbonyl (C=O) groups excluding carboxylic acids is 8. The van der Waals surface area contributed by atoms with Crippen LogP contribution in [0.15, 0.2) is 91.1 Å². The van der Waals surface area contributed by atoms with Crippen molar-refractivity contribution in [2.75, 3.05) is 83.6 Å². The second-order valence-corrected chi connectivity index (χ2v) is 25.8. The van der Waals surface area contributed by atoms with Gasteiger partial charge in [0, 0.05) is 74.0 Å². The number of aliphatic hydroxyl groups is 3. The van der Waals surface area contributed by atoms with Gasteiger partial charge in [-0.3, -0.25) is 72.2 Å². The highest BCUT2D eigenvalue weighted by Gasteiger charge is 2.37. The number of aromatic amines is 1. The van der Waals surface area contributed by atoms with Gasteiger partial charge >= 0.3 is 23.9 Å². The molecule has 4 aromatic rings. The van der Waals surface area contributed by atoms with Crippen molar-refractivity contribution in [1.82, 2.24) is 62.2 Å². The van der Waals surface area contributed by atoms with Crippen molar-refractivity contribution in [3.63, 3.8) is 0 Å². The minimum atomic E-state index is -1.78. The summed E-state index contributed by atoms with van der Waals surface area (Å²) in [5, 5.41) is 91.6. The summed E-state index contributed by atoms with van der Waals surface area (Å²) in [6.45, 7) is -2.46. The number of aromatic nitrogens is 1. The number of rotatable bonds is 34. The van der Waals surface area contributed by atoms with E-state index in [-0.39, 0.29) is 70.6 Å². The number of carbonyl (C=O) groups is 12. The van der Waals surface area contributed by atoms with Gasteiger partial charge < -0.3 is 89.0 Å². The van der Waals surface area contributed by atoms with Gasteiger partial charge in [-0.15, -0.1) is 0 Å². The fourth-order valence-corrected chi connectivity index (χ4v) is 12.6. The SMILES string of the molecule is C[C@@H](O)[C@@H]1NC(=O)[C@H](CCCCN)NC(=O)[C@@H](Cc2c[nH]c3ccccc23)NC(=O)[C@H](Cc2ccccc2)NC(=O)C(NC(=O)[C@@H](Cc2ccccc2)NC(=O)CN(CCN(CCN(CC(=O)O)CC(=O)O)CC(=O)O)CC(=O)O)CSSC[C@@H](C(=O)N[C@H](CO)[C@@H](C)O)NC1=O. The van der Waals surface area contributed by atoms with E-state index in [1.807, 2.05) is 0 Å². The van der Waals surface area contributed by atoms with E-state index >= 15 is 9.59 Å². The Balaban J connectivity index is 1.57. The summed E-state index contributed by atoms with van der Waals surface area (Å²) in [7, 11) is 1.77. The molecule has 8 amide bonds. The first kappa shape index (κ1) is 79.0. The molecule has 97 heavy (non-hydrogen) atoms. The standard InChI is InChI=1S/C63H87N13O19S2/c1-37(78)48(34-77)70-62(94)50-36-97-96-35-49(71-58(90)45(25-39-13-5-3-6-14-39)66-51(80)29-75(31-53(83)84)23-21-74(30-52(81)82)22-24-76(32-54(85)86)33-55(87)88)61(93)68-46(26-40-15-7-4-8-16-40)59(91)69-47(27-41-28-65-43-18-10-9-17-42(41)43)60(92)67-44(19-11-12-20-64)57(89)73-56(38(2)79)63(95)72-50/h3-10,13-18,28,37-38,44-50,56,65,77-79H,11-12,19-27,29-36,64H2,1-2H3,(H,66,80)(H,67,92)(H,68,93)(H,69,91)(H,70,94)(H,71,90)(H,72,95)(H,73,89)(H,81,82)(H,83,84)(H,85,86)(H,87,88)/t37-,38-,44+,45-,46+,47-,48-,49?,50+,56+/m1/s1. The summed E-state index contributed by atoms with van der Waals surface area (Å²) in [6.07, 6.45) is -1.31. The largest absolute Gasteiger partial charge is 0.480 e. The van der Waals surface area contributed by atoms with Gasteiger partial charge in [0.25, 0.3) is 0 Å². The van der Waals surface area contributed by atoms with E-state index in [1.54, 1.807) is 91.1 Å². The van der Waals surface area contributed by atoms with E-state index < -0.39 is 177 Å². The minimum Gasteiger partial charge on any atom is -0.480 e. The first-order chi connectivity index (χ1) is 46.2. The highest BCUT2D eigenvalue weighted by Crippen LogP contribution is 2.25. The molecule has 1 aliphatic rings. The number of para-hydroxylation sites is 1. The predicted octanol–water partition coefficient (Wildman–Crippen LogP) is -3.40. The van der Waals surface area contributed by atoms with Crippen LogP contribution in [0.5, 0.6) is 0 Å². The Morgan fingerprint density at radius 2 is 1.10 bits per heavy atom. The van der Waals surface area contributed by atoms with Crippen molar-refractivity contribution in [3.8, 4) is 0 Å². The Bertz CT molecular complexity index is 3280. The second kappa shape index (κ2) is 40.7. The van der Waals surface area contributed by atoms with Gasteiger partial charge in [-0.2, -0.15) is 0 Å². The second-order valence-electron chi connectivity index (χ2n) is 23.3. The summed E-state index contributed by atoms with van der Waals surface area (Å²) in [5.41, 5.74) is 8.10. The van der Waals surface area contributed by atoms with Gasteiger partial charge in [-0.05, 0) is 62.4 Å². The van der Waals surface area contributed by atoms with Gasteiger partial charge in [0.05, 0.1) is 57.6 Å². The van der Waals surface area contributed by atoms with Crippen molar-refractivity contribution >= 4 is 104 Å². The summed E-state index contributed by atoms with van der Waals surface area (Å²) >= 11 is 0. The third-order valence-corrected chi connectivity index (χ3v) is 17.8. The number of amides is 8. The average molecular weight is 1390 g/mol. The van der Waals surface area contributed by atoms with Gasteiger partial charge in [0.1, 0.15) is 42.3 Å². The number of aliphatic hydroxyl groups excluding tert-OH is 3. The van der Waals surface area contributed by atoms with E-state index in [4.69, 9.17) is 5.73 Å². The number of carboxylic acids is 4. The zero-order valence-electron chi connectivity index (χ0n) is 53.6. The average Bonchev–Trinajstić information content (AvgIpc) is 1.76. The van der Waals surface area contributed by atoms with Crippen LogP contribution in [0, 0.1) is 0 Å². The Kier molecular flexibility index (Phi) is 33.2. The molecule has 0 aliphatic carbocycles. The molecule has 2 heterocycles. The zero-order valence-corrected chi connectivity index (χ0v) is 55.3. The molecule has 0 saturated carbocycles. The van der Waals surface area contributed by atoms with Crippen LogP contribution in [-0.4, -0.2) is 271 Å². The van der Waals surface area contributed by atoms with E-state index in [2.05, 4.69) is 47.5 Å². The van der Waals surface area contributed by atoms with E-state index in [9.17, 15) is 83.7 Å². The molecule has 18 N–H and O–H groups in total. The molecule has 10 atom stereocenters. The summed E-state index contributed by atoms with van der Waals surface area (Å²) < 4.78 is 0. The highest BCUT2D eigenvalue weighted by molar-refractivity contribution is 8.76. The topological polar surface area (TPSA) is 494 Å². The number of nitrogens with one attached hydrogen (secondary N) is 9. The van der Waals surface area contributed by atoms with Crippen LogP contribution in [0.2, 0.25) is 0 Å². The highest BCUT2D eigenvalue weighted by atomic mass is 33.1. The van der Waals surface area contributed by atoms with Crippen molar-refractivity contribution in [3.05, 3.63) is 108 Å². The monoisotopic (exact) mass is 1390 g/mol. The van der Waals surface area contributed by atoms with Crippen molar-refractivity contribution in [2.45, 2.75) is 113 Å². The van der Waals surface area contributed by atoms with Crippen LogP contribution in [-0.2, 0) is 76.8 Å². The number of benzene rings is 3. The van der Waals surface area contributed by atoms with Crippen LogP contribution < -0.4 is 48.3 Å². The maximum atomic E-state index is 15.2. The molecule has 1 aliphatic heterocycles. The molecule has 530 valence electrons. The molecule has 1 unspecified atom stereocenters. The third-order valence-electron chi connectivity index (χ3n) is 15.4. The lowest BCUT2D eigenvalue weighted by Crippen LogP contribution is -2.62. The fourth-order valence-electron chi connectivity index (χ4n) is 10.3. The molecule has 0 bridgehead atoms. The van der Waals surface area contributed by atoms with Crippen molar-refractivity contribution < 1.29 is 93.3 Å². The van der Waals surface area contributed by atoms with Crippen molar-refractivity contribution in [1.29, 1.82) is 0 Å². The summed E-state index contributed by atoms with van der Waals surface area (Å²) in [5.74, 6) is -13.8. The van der Waals surface area contributed by atoms with Crippen LogP contribution in [0.4, 0.5) is 0 Å². The molecule has 1 fully saturated rings. The van der Waals surface area contributed by atoms with Gasteiger partial charge in [-0.25, -0.2) is 0 Å². The van der Waals surface area contributed by atoms with Gasteiger partial charge in [0.2, 0.25) is 47.3 Å². The quantitative estimate of drug-likeness (QED) is 0.0160. The molecule has 1 saturated heterocycles. The van der Waals surface area contributed by atoms with E-state index in [1.165, 1.54) is 18.7 Å². The lowest BCUT2D eigenvalue weighted by molar-refractivity contribution is -0.143. The Hall–Kier alpha value is -8.74. The third kappa shape index (κ3) is 27.7. The number of unbranched alkanes of at least 4 members (excludes halogenated alkanes) is 1. The number of aliphatic carboxylic acids is 4. The van der Waals surface area contributed by atoms with Crippen LogP contribution in [0.1, 0.15) is 49.8 Å². The van der Waals surface area contributed by atoms with E-state index in [0.29, 0.717) is 34.0 Å². The van der Waals surface area contributed by atoms with Crippen LogP contribution in [0.25, 0.3) is 10.9 Å². The Labute approximate surface area is 566 Å². The van der Waals surface area contributed by atoms with Gasteiger partial charge in [0.15, 0.2) is 0 Å². The molecule has 34 heteroatoms. The van der Waals surface area contributed by atoms with Crippen LogP contribution >= 0.6 is 21.6 Å². The van der Waals surface area contributed by atoms with Crippen molar-refractivity contribution in [2.24, 2.45) is 5.73 Å².